The number of nitrogens with zero attached hydrogens (tertiary/aromatic N) is 7. The third-order valence-electron chi connectivity index (χ3n) is 10.8. The predicted molar refractivity (Wildman–Crippen MR) is 354 cm³/mol. The number of pyridine rings is 6. The maximum absolute atomic E-state index is 11.1. The molecule has 0 aliphatic carbocycles. The van der Waals surface area contributed by atoms with Gasteiger partial charge in [-0.25, -0.2) is 24.4 Å². The van der Waals surface area contributed by atoms with Gasteiger partial charge in [0.15, 0.2) is 17.1 Å². The van der Waals surface area contributed by atoms with E-state index in [1.807, 2.05) is 170 Å². The molecule has 0 amide bonds. The van der Waals surface area contributed by atoms with E-state index in [4.69, 9.17) is 54.9 Å². The summed E-state index contributed by atoms with van der Waals surface area (Å²) < 4.78 is 4.79. The van der Waals surface area contributed by atoms with Crippen molar-refractivity contribution in [3.05, 3.63) is 291 Å². The monoisotopic (exact) mass is 1640 g/mol. The number of benzene rings is 4. The van der Waals surface area contributed by atoms with E-state index >= 15 is 0 Å². The Bertz CT molecular complexity index is 3100. The Morgan fingerprint density at radius 3 is 0.945 bits per heavy atom. The number of rotatable bonds is 12. The molecular formula is C71H68Cl3Ir2N7O8-4. The van der Waals surface area contributed by atoms with Crippen LogP contribution < -0.4 is 4.74 Å². The molecule has 10 rings (SSSR count). The maximum atomic E-state index is 11.1. The van der Waals surface area contributed by atoms with Crippen molar-refractivity contribution in [1.82, 2.24) is 34.8 Å². The summed E-state index contributed by atoms with van der Waals surface area (Å²) in [5, 5.41) is 25.7. The minimum Gasteiger partial charge on any atom is -0.505 e. The number of hydrogen-bond acceptors (Lipinski definition) is 13. The fourth-order valence-electron chi connectivity index (χ4n) is 6.35. The molecule has 6 heterocycles. The molecule has 0 unspecified atom stereocenters. The quantitative estimate of drug-likeness (QED) is 0.0341. The fourth-order valence-corrected chi connectivity index (χ4v) is 6.35. The fraction of sp³-hybridized carbons (Fsp3) is 0.127. The molecule has 0 fully saturated rings. The predicted octanol–water partition coefficient (Wildman–Crippen LogP) is 16.0. The standard InChI is InChI=1S/4C11H8N.C10H9NO4.C6H5NO3.C6H15N.C4H5ClO.CH2Cl2.2Ir/c4*1-2-6-10(7-3-1)11-8-4-5-9-12-11;1-6(2)10(14)15-7-4-3-5-11-8(7)9(12)13;8-4-2-1-3-7-5(4)6(9)10;1-4-7(5-2)6-3;1-3(2)4(5)6;2-1-3;;/h4*1-6,8-9H;3-5H,1H2,2H3,(H,12,13);1-3,8H,(H,9,10);4-6H2,1-3H3;1H2,2H3;1H2;;/q4*-1;;;;;;;. The van der Waals surface area contributed by atoms with Crippen molar-refractivity contribution in [3.63, 3.8) is 0 Å². The molecule has 15 nitrogen and oxygen atoms in total. The van der Waals surface area contributed by atoms with Gasteiger partial charge >= 0.3 is 17.9 Å². The van der Waals surface area contributed by atoms with Crippen LogP contribution in [0, 0.1) is 24.3 Å². The van der Waals surface area contributed by atoms with Gasteiger partial charge in [0.2, 0.25) is 5.24 Å². The first-order valence-electron chi connectivity index (χ1n) is 27.2. The average Bonchev–Trinajstić information content (AvgIpc) is 3.78. The number of esters is 1. The second-order valence-electron chi connectivity index (χ2n) is 17.2. The zero-order valence-electron chi connectivity index (χ0n) is 50.5. The molecular weight excluding hydrogens is 1570 g/mol. The minimum absolute atomic E-state index is 0. The van der Waals surface area contributed by atoms with Crippen LogP contribution in [0.1, 0.15) is 55.6 Å². The second-order valence-corrected chi connectivity index (χ2v) is 18.4. The molecule has 0 atom stereocenters. The van der Waals surface area contributed by atoms with E-state index in [-0.39, 0.29) is 74.0 Å². The maximum Gasteiger partial charge on any atom is 0.358 e. The van der Waals surface area contributed by atoms with Crippen molar-refractivity contribution in [2.45, 2.75) is 34.6 Å². The summed E-state index contributed by atoms with van der Waals surface area (Å²) in [6.45, 7) is 19.8. The molecule has 10 aromatic rings. The number of carboxylic acid groups (broad SMARTS) is 2. The van der Waals surface area contributed by atoms with Gasteiger partial charge in [-0.2, -0.15) is 0 Å². The molecule has 0 aliphatic rings. The Morgan fingerprint density at radius 1 is 0.451 bits per heavy atom. The number of carboxylic acids is 2. The van der Waals surface area contributed by atoms with Crippen LogP contribution in [0.4, 0.5) is 0 Å². The van der Waals surface area contributed by atoms with Crippen molar-refractivity contribution >= 4 is 58.0 Å². The molecule has 6 aromatic heterocycles. The largest absolute Gasteiger partial charge is 0.505 e. The van der Waals surface area contributed by atoms with Gasteiger partial charge in [-0.05, 0) is 116 Å². The number of carbonyl (C=O) groups is 4. The van der Waals surface area contributed by atoms with Crippen LogP contribution in [0.25, 0.3) is 45.0 Å². The summed E-state index contributed by atoms with van der Waals surface area (Å²) in [5.74, 6) is -3.54. The topological polar surface area (TPSA) is 219 Å². The van der Waals surface area contributed by atoms with Crippen molar-refractivity contribution in [2.24, 2.45) is 0 Å². The molecule has 20 heteroatoms. The van der Waals surface area contributed by atoms with Gasteiger partial charge in [0.1, 0.15) is 5.75 Å². The van der Waals surface area contributed by atoms with E-state index in [1.165, 1.54) is 63.2 Å². The number of allylic oxidation sites excluding steroid dienone is 1. The van der Waals surface area contributed by atoms with Crippen LogP contribution in [0.2, 0.25) is 0 Å². The van der Waals surface area contributed by atoms with Gasteiger partial charge in [0, 0.05) is 88.5 Å². The molecule has 4 aromatic carbocycles. The number of hydrogen-bond donors (Lipinski definition) is 3. The van der Waals surface area contributed by atoms with Gasteiger partial charge in [-0.1, -0.05) is 82.5 Å². The zero-order chi connectivity index (χ0) is 65.4. The molecule has 0 saturated carbocycles. The van der Waals surface area contributed by atoms with Crippen LogP contribution in [0.3, 0.4) is 0 Å². The van der Waals surface area contributed by atoms with Crippen LogP contribution >= 0.6 is 34.8 Å². The number of carbonyl (C=O) groups excluding carboxylic acids is 2. The number of aromatic nitrogens is 6. The van der Waals surface area contributed by atoms with Gasteiger partial charge < -0.3 is 44.9 Å². The van der Waals surface area contributed by atoms with E-state index in [0.717, 1.165) is 45.0 Å². The first kappa shape index (κ1) is 82.3. The van der Waals surface area contributed by atoms with Crippen molar-refractivity contribution in [1.29, 1.82) is 0 Å². The molecule has 0 spiro atoms. The summed E-state index contributed by atoms with van der Waals surface area (Å²) in [4.78, 5) is 68.1. The Balaban J connectivity index is 0.00000102. The van der Waals surface area contributed by atoms with Gasteiger partial charge in [-0.15, -0.1) is 167 Å². The molecule has 2 radical (unpaired) electrons. The van der Waals surface area contributed by atoms with Gasteiger partial charge in [0.25, 0.3) is 0 Å². The first-order chi connectivity index (χ1) is 43.0. The molecule has 0 saturated heterocycles. The summed E-state index contributed by atoms with van der Waals surface area (Å²) in [5.41, 5.74) is 8.00. The van der Waals surface area contributed by atoms with Gasteiger partial charge in [0.05, 0.1) is 5.34 Å². The second kappa shape index (κ2) is 51.1. The van der Waals surface area contributed by atoms with E-state index < -0.39 is 23.2 Å². The molecule has 0 aliphatic heterocycles. The summed E-state index contributed by atoms with van der Waals surface area (Å²) in [6.07, 6.45) is 9.77. The van der Waals surface area contributed by atoms with Crippen molar-refractivity contribution < 1.29 is 79.4 Å². The van der Waals surface area contributed by atoms with Crippen LogP contribution in [0.5, 0.6) is 11.5 Å². The van der Waals surface area contributed by atoms with E-state index in [1.54, 1.807) is 31.7 Å². The van der Waals surface area contributed by atoms with Crippen molar-refractivity contribution in [2.75, 3.05) is 25.0 Å². The molecule has 0 bridgehead atoms. The molecule has 3 N–H and O–H groups in total. The van der Waals surface area contributed by atoms with Crippen LogP contribution in [0.15, 0.2) is 256 Å². The molecule has 91 heavy (non-hydrogen) atoms. The Kier molecular flexibility index (Phi) is 46.2. The average molecular weight is 1640 g/mol. The first-order valence-corrected chi connectivity index (χ1v) is 28.6. The third-order valence-corrected chi connectivity index (χ3v) is 11.1. The van der Waals surface area contributed by atoms with Crippen LogP contribution in [-0.4, -0.2) is 98.2 Å². The normalized spacial score (nSPS) is 9.15. The Morgan fingerprint density at radius 2 is 0.736 bits per heavy atom. The summed E-state index contributed by atoms with van der Waals surface area (Å²) in [7, 11) is 0. The van der Waals surface area contributed by atoms with E-state index in [0.29, 0.717) is 5.57 Å². The number of aromatic carboxylic acids is 2. The van der Waals surface area contributed by atoms with Crippen LogP contribution in [-0.2, 0) is 49.8 Å². The Hall–Kier alpha value is -8.73. The smallest absolute Gasteiger partial charge is 0.358 e. The molecule has 478 valence electrons. The van der Waals surface area contributed by atoms with Gasteiger partial charge in [-0.3, -0.25) is 4.79 Å². The number of ether oxygens (including phenoxy) is 1. The number of alkyl halides is 2. The van der Waals surface area contributed by atoms with Crippen molar-refractivity contribution in [3.8, 4) is 56.5 Å². The third kappa shape index (κ3) is 35.9. The van der Waals surface area contributed by atoms with E-state index in [9.17, 15) is 19.2 Å². The SMILES string of the molecule is C=C(C)C(=O)Cl.C=C(C)C(=O)Oc1cccnc1C(=O)O.CCN(CC)CC.ClCCl.O=C(O)c1ncccc1O.[Ir].[Ir].[c-]1ccccc1-c1ccccn1.[c-]1ccccc1-c1ccccn1.[c-]1ccccc1-c1ccccn1.[c-]1ccccc1-c1ccccn1. The summed E-state index contributed by atoms with van der Waals surface area (Å²) in [6, 6.07) is 72.8. The summed E-state index contributed by atoms with van der Waals surface area (Å²) >= 11 is 14.4. The Labute approximate surface area is 575 Å². The van der Waals surface area contributed by atoms with E-state index in [2.05, 4.69) is 93.0 Å². The number of aromatic hydroxyl groups is 1. The zero-order valence-corrected chi connectivity index (χ0v) is 57.6. The minimum atomic E-state index is -1.25. The number of halogens is 3.